The number of para-hydroxylation sites is 1. The van der Waals surface area contributed by atoms with Gasteiger partial charge < -0.3 is 15.3 Å². The minimum absolute atomic E-state index is 0.268. The summed E-state index contributed by atoms with van der Waals surface area (Å²) in [6.45, 7) is 0.628. The van der Waals surface area contributed by atoms with E-state index in [2.05, 4.69) is 16.0 Å². The first kappa shape index (κ1) is 12.7. The molecular formula is C14H14N4OS. The molecule has 0 saturated carbocycles. The number of rotatable bonds is 3. The van der Waals surface area contributed by atoms with E-state index in [0.717, 1.165) is 11.9 Å². The number of nitrogens with one attached hydrogen (secondary N) is 2. The van der Waals surface area contributed by atoms with Crippen LogP contribution in [0.1, 0.15) is 5.56 Å². The highest BCUT2D eigenvalue weighted by atomic mass is 32.1. The number of nitrogens with zero attached hydrogens (tertiary/aromatic N) is 1. The van der Waals surface area contributed by atoms with Crippen molar-refractivity contribution >= 4 is 28.9 Å². The van der Waals surface area contributed by atoms with Gasteiger partial charge in [0.15, 0.2) is 4.77 Å². The van der Waals surface area contributed by atoms with Crippen LogP contribution in [-0.2, 0) is 13.0 Å². The number of aromatic nitrogens is 3. The molecule has 0 amide bonds. The molecule has 0 atom stereocenters. The molecule has 5 nitrogen and oxygen atoms in total. The normalized spacial score (nSPS) is 11.0. The van der Waals surface area contributed by atoms with Crippen LogP contribution >= 0.6 is 12.2 Å². The SMILES string of the molecule is Nc1cc(=O)[nH]c(=S)n1CCc1c[nH]c2ccccc12. The second-order valence-electron chi connectivity index (χ2n) is 4.62. The summed E-state index contributed by atoms with van der Waals surface area (Å²) in [6, 6.07) is 9.48. The lowest BCUT2D eigenvalue weighted by Gasteiger charge is -2.09. The lowest BCUT2D eigenvalue weighted by Crippen LogP contribution is -2.17. The van der Waals surface area contributed by atoms with Crippen molar-refractivity contribution in [1.82, 2.24) is 14.5 Å². The number of benzene rings is 1. The molecule has 3 rings (SSSR count). The molecular weight excluding hydrogens is 272 g/mol. The summed E-state index contributed by atoms with van der Waals surface area (Å²) >= 11 is 5.14. The molecule has 3 aromatic rings. The summed E-state index contributed by atoms with van der Waals surface area (Å²) < 4.78 is 2.09. The van der Waals surface area contributed by atoms with Gasteiger partial charge in [-0.15, -0.1) is 0 Å². The fourth-order valence-corrected chi connectivity index (χ4v) is 2.64. The molecule has 0 fully saturated rings. The van der Waals surface area contributed by atoms with E-state index in [9.17, 15) is 4.79 Å². The average molecular weight is 286 g/mol. The molecule has 0 aliphatic rings. The van der Waals surface area contributed by atoms with Crippen molar-refractivity contribution in [1.29, 1.82) is 0 Å². The average Bonchev–Trinajstić information content (AvgIpc) is 2.81. The maximum Gasteiger partial charge on any atom is 0.253 e. The van der Waals surface area contributed by atoms with Gasteiger partial charge in [0.05, 0.1) is 0 Å². The van der Waals surface area contributed by atoms with Crippen LogP contribution in [0.25, 0.3) is 10.9 Å². The topological polar surface area (TPSA) is 79.6 Å². The molecule has 0 saturated heterocycles. The fourth-order valence-electron chi connectivity index (χ4n) is 2.34. The first-order chi connectivity index (χ1) is 9.65. The van der Waals surface area contributed by atoms with Gasteiger partial charge in [-0.3, -0.25) is 9.78 Å². The zero-order valence-corrected chi connectivity index (χ0v) is 11.5. The Morgan fingerprint density at radius 3 is 2.90 bits per heavy atom. The van der Waals surface area contributed by atoms with Crippen LogP contribution in [0.5, 0.6) is 0 Å². The third-order valence-corrected chi connectivity index (χ3v) is 3.67. The van der Waals surface area contributed by atoms with Crippen LogP contribution in [-0.4, -0.2) is 14.5 Å². The van der Waals surface area contributed by atoms with Gasteiger partial charge in [0.1, 0.15) is 5.82 Å². The van der Waals surface area contributed by atoms with Gasteiger partial charge in [-0.05, 0) is 30.3 Å². The molecule has 0 bridgehead atoms. The van der Waals surface area contributed by atoms with Crippen molar-refractivity contribution in [2.24, 2.45) is 0 Å². The fraction of sp³-hybridized carbons (Fsp3) is 0.143. The van der Waals surface area contributed by atoms with Crippen LogP contribution in [0.4, 0.5) is 5.82 Å². The Bertz CT molecular complexity index is 875. The Kier molecular flexibility index (Phi) is 3.15. The molecule has 0 aliphatic carbocycles. The zero-order chi connectivity index (χ0) is 14.1. The van der Waals surface area contributed by atoms with E-state index in [-0.39, 0.29) is 5.56 Å². The zero-order valence-electron chi connectivity index (χ0n) is 10.7. The van der Waals surface area contributed by atoms with Crippen LogP contribution in [0, 0.1) is 4.77 Å². The lowest BCUT2D eigenvalue weighted by molar-refractivity contribution is 0.674. The van der Waals surface area contributed by atoms with Crippen LogP contribution in [0.3, 0.4) is 0 Å². The van der Waals surface area contributed by atoms with Crippen molar-refractivity contribution in [2.45, 2.75) is 13.0 Å². The highest BCUT2D eigenvalue weighted by Crippen LogP contribution is 2.18. The van der Waals surface area contributed by atoms with Gasteiger partial charge in [-0.2, -0.15) is 0 Å². The summed E-state index contributed by atoms with van der Waals surface area (Å²) in [7, 11) is 0. The molecule has 6 heteroatoms. The molecule has 0 unspecified atom stereocenters. The van der Waals surface area contributed by atoms with E-state index in [1.54, 1.807) is 4.57 Å². The first-order valence-corrected chi connectivity index (χ1v) is 6.70. The largest absolute Gasteiger partial charge is 0.385 e. The maximum absolute atomic E-state index is 11.3. The van der Waals surface area contributed by atoms with E-state index < -0.39 is 0 Å². The summed E-state index contributed by atoms with van der Waals surface area (Å²) in [5, 5.41) is 1.20. The minimum Gasteiger partial charge on any atom is -0.385 e. The van der Waals surface area contributed by atoms with Gasteiger partial charge in [-0.25, -0.2) is 0 Å². The molecule has 1 aromatic carbocycles. The molecule has 102 valence electrons. The van der Waals surface area contributed by atoms with Gasteiger partial charge in [0.2, 0.25) is 0 Å². The Labute approximate surface area is 120 Å². The molecule has 0 spiro atoms. The van der Waals surface area contributed by atoms with Crippen molar-refractivity contribution in [3.05, 3.63) is 57.2 Å². The third-order valence-electron chi connectivity index (χ3n) is 3.35. The van der Waals surface area contributed by atoms with Crippen LogP contribution in [0.15, 0.2) is 41.3 Å². The smallest absolute Gasteiger partial charge is 0.253 e. The van der Waals surface area contributed by atoms with E-state index in [1.807, 2.05) is 24.4 Å². The number of anilines is 1. The first-order valence-electron chi connectivity index (χ1n) is 6.30. The second-order valence-corrected chi connectivity index (χ2v) is 5.01. The predicted octanol–water partition coefficient (Wildman–Crippen LogP) is 2.21. The quantitative estimate of drug-likeness (QED) is 0.646. The number of fused-ring (bicyclic) bond motifs is 1. The van der Waals surface area contributed by atoms with Gasteiger partial charge in [-0.1, -0.05) is 18.2 Å². The number of nitrogen functional groups attached to an aromatic ring is 1. The molecule has 2 heterocycles. The van der Waals surface area contributed by atoms with E-state index in [0.29, 0.717) is 17.1 Å². The van der Waals surface area contributed by atoms with Crippen molar-refractivity contribution in [3.8, 4) is 0 Å². The molecule has 0 aliphatic heterocycles. The lowest BCUT2D eigenvalue weighted by atomic mass is 10.1. The predicted molar refractivity (Wildman–Crippen MR) is 82.3 cm³/mol. The number of aromatic amines is 2. The minimum atomic E-state index is -0.268. The van der Waals surface area contributed by atoms with E-state index >= 15 is 0 Å². The number of H-pyrrole nitrogens is 2. The maximum atomic E-state index is 11.3. The van der Waals surface area contributed by atoms with Crippen molar-refractivity contribution < 1.29 is 0 Å². The summed E-state index contributed by atoms with van der Waals surface area (Å²) in [6.07, 6.45) is 2.78. The number of hydrogen-bond acceptors (Lipinski definition) is 3. The third kappa shape index (κ3) is 2.25. The van der Waals surface area contributed by atoms with Gasteiger partial charge in [0.25, 0.3) is 5.56 Å². The summed E-state index contributed by atoms with van der Waals surface area (Å²) in [5.41, 5.74) is 7.89. The highest BCUT2D eigenvalue weighted by Gasteiger charge is 2.05. The van der Waals surface area contributed by atoms with E-state index in [1.165, 1.54) is 17.0 Å². The second kappa shape index (κ2) is 4.97. The standard InChI is InChI=1S/C14H14N4OS/c15-12-7-13(19)17-14(20)18(12)6-5-9-8-16-11-4-2-1-3-10(9)11/h1-4,7-8,16H,5-6,15H2,(H,17,19,20). The van der Waals surface area contributed by atoms with Crippen LogP contribution < -0.4 is 11.3 Å². The molecule has 4 N–H and O–H groups in total. The molecule has 20 heavy (non-hydrogen) atoms. The summed E-state index contributed by atoms with van der Waals surface area (Å²) in [5.74, 6) is 0.388. The van der Waals surface area contributed by atoms with E-state index in [4.69, 9.17) is 18.0 Å². The van der Waals surface area contributed by atoms with Gasteiger partial charge >= 0.3 is 0 Å². The number of hydrogen-bond donors (Lipinski definition) is 3. The number of aryl methyl sites for hydroxylation is 1. The van der Waals surface area contributed by atoms with Crippen molar-refractivity contribution in [3.63, 3.8) is 0 Å². The Balaban J connectivity index is 1.91. The van der Waals surface area contributed by atoms with Gasteiger partial charge in [0, 0.05) is 29.7 Å². The Morgan fingerprint density at radius 1 is 1.30 bits per heavy atom. The summed E-state index contributed by atoms with van der Waals surface area (Å²) in [4.78, 5) is 17.1. The molecule has 2 aromatic heterocycles. The molecule has 0 radical (unpaired) electrons. The monoisotopic (exact) mass is 286 g/mol. The highest BCUT2D eigenvalue weighted by molar-refractivity contribution is 7.71. The Hall–Kier alpha value is -2.34. The van der Waals surface area contributed by atoms with Crippen molar-refractivity contribution in [2.75, 3.05) is 5.73 Å². The van der Waals surface area contributed by atoms with Crippen LogP contribution in [0.2, 0.25) is 0 Å². The Morgan fingerprint density at radius 2 is 2.10 bits per heavy atom. The number of nitrogens with two attached hydrogens (primary N) is 1.